The van der Waals surface area contributed by atoms with Crippen LogP contribution in [0, 0.1) is 11.8 Å². The molecule has 7 heteroatoms. The second-order valence-corrected chi connectivity index (χ2v) is 11.7. The highest BCUT2D eigenvalue weighted by atomic mass is 16.5. The van der Waals surface area contributed by atoms with Gasteiger partial charge < -0.3 is 20.3 Å². The van der Waals surface area contributed by atoms with E-state index in [0.717, 1.165) is 31.2 Å². The van der Waals surface area contributed by atoms with Crippen LogP contribution in [0.4, 0.5) is 4.79 Å². The molecular weight excluding hydrogens is 514 g/mol. The van der Waals surface area contributed by atoms with Gasteiger partial charge in [-0.2, -0.15) is 0 Å². The number of nitrogens with one attached hydrogen (secondary N) is 2. The van der Waals surface area contributed by atoms with Gasteiger partial charge in [0.1, 0.15) is 0 Å². The molecule has 0 radical (unpaired) electrons. The van der Waals surface area contributed by atoms with Crippen molar-refractivity contribution in [3.05, 3.63) is 71.8 Å². The summed E-state index contributed by atoms with van der Waals surface area (Å²) < 4.78 is 5.41. The quantitative estimate of drug-likeness (QED) is 0.311. The van der Waals surface area contributed by atoms with E-state index in [9.17, 15) is 14.4 Å². The van der Waals surface area contributed by atoms with Gasteiger partial charge in [0.25, 0.3) is 0 Å². The molecule has 2 aromatic rings. The molecule has 3 amide bonds. The van der Waals surface area contributed by atoms with Crippen molar-refractivity contribution in [2.24, 2.45) is 11.8 Å². The van der Waals surface area contributed by atoms with Crippen molar-refractivity contribution in [2.45, 2.75) is 83.2 Å². The summed E-state index contributed by atoms with van der Waals surface area (Å²) in [6, 6.07) is 19.5. The molecule has 0 bridgehead atoms. The maximum absolute atomic E-state index is 13.9. The van der Waals surface area contributed by atoms with E-state index in [1.807, 2.05) is 48.5 Å². The average Bonchev–Trinajstić information content (AvgIpc) is 3.02. The molecule has 222 valence electrons. The van der Waals surface area contributed by atoms with Crippen molar-refractivity contribution >= 4 is 17.7 Å². The summed E-state index contributed by atoms with van der Waals surface area (Å²) in [5, 5.41) is 6.14. The van der Waals surface area contributed by atoms with E-state index in [2.05, 4.69) is 22.8 Å². The largest absolute Gasteiger partial charge is 0.378 e. The molecule has 2 N–H and O–H groups in total. The van der Waals surface area contributed by atoms with Gasteiger partial charge in [0, 0.05) is 32.5 Å². The van der Waals surface area contributed by atoms with Crippen LogP contribution in [0.25, 0.3) is 0 Å². The predicted molar refractivity (Wildman–Crippen MR) is 161 cm³/mol. The minimum atomic E-state index is -0.487. The number of ketones is 1. The van der Waals surface area contributed by atoms with Gasteiger partial charge in [0.2, 0.25) is 5.91 Å². The number of aryl methyl sites for hydroxylation is 1. The molecule has 4 rings (SSSR count). The fraction of sp³-hybridized carbons (Fsp3) is 0.559. The third kappa shape index (κ3) is 11.0. The van der Waals surface area contributed by atoms with Crippen LogP contribution in [0.15, 0.2) is 60.7 Å². The first-order valence-corrected chi connectivity index (χ1v) is 15.6. The van der Waals surface area contributed by atoms with Crippen LogP contribution >= 0.6 is 0 Å². The van der Waals surface area contributed by atoms with Gasteiger partial charge in [-0.3, -0.25) is 9.59 Å². The minimum Gasteiger partial charge on any atom is -0.378 e. The molecule has 2 aromatic carbocycles. The van der Waals surface area contributed by atoms with Crippen LogP contribution in [-0.2, 0) is 27.3 Å². The average molecular weight is 562 g/mol. The smallest absolute Gasteiger partial charge is 0.318 e. The van der Waals surface area contributed by atoms with Gasteiger partial charge in [-0.05, 0) is 48.6 Å². The number of hydrogen-bond acceptors (Lipinski definition) is 4. The monoisotopic (exact) mass is 561 g/mol. The highest BCUT2D eigenvalue weighted by Gasteiger charge is 2.29. The Hall–Kier alpha value is -3.19. The summed E-state index contributed by atoms with van der Waals surface area (Å²) in [5.74, 6) is 0.638. The number of morpholine rings is 1. The Balaban J connectivity index is 1.38. The van der Waals surface area contributed by atoms with E-state index in [0.29, 0.717) is 64.4 Å². The van der Waals surface area contributed by atoms with E-state index < -0.39 is 6.04 Å². The molecule has 0 unspecified atom stereocenters. The lowest BCUT2D eigenvalue weighted by atomic mass is 9.82. The molecule has 2 aliphatic rings. The first-order valence-electron chi connectivity index (χ1n) is 15.6. The standard InChI is InChI=1S/C34H47N3O4/c38-32(31(24-28-12-6-2-7-13-28)36-34(40)37-20-22-41-23-21-37)25-29(17-16-27-10-4-1-5-11-27)18-19-33(39)35-26-30-14-8-3-9-15-30/h1,3-5,8-11,14-15,28-29,31H,2,6-7,12-13,16-26H2,(H,35,39)(H,36,40)/t29-,31-/m0/s1. The Morgan fingerprint density at radius 3 is 2.20 bits per heavy atom. The normalized spacial score (nSPS) is 17.4. The van der Waals surface area contributed by atoms with Crippen LogP contribution < -0.4 is 10.6 Å². The Labute approximate surface area is 245 Å². The predicted octanol–water partition coefficient (Wildman–Crippen LogP) is 5.67. The zero-order chi connectivity index (χ0) is 28.7. The van der Waals surface area contributed by atoms with Gasteiger partial charge in [0.15, 0.2) is 5.78 Å². The van der Waals surface area contributed by atoms with Crippen molar-refractivity contribution in [1.29, 1.82) is 0 Å². The highest BCUT2D eigenvalue weighted by Crippen LogP contribution is 2.29. The van der Waals surface area contributed by atoms with Crippen molar-refractivity contribution in [3.63, 3.8) is 0 Å². The fourth-order valence-electron chi connectivity index (χ4n) is 6.04. The number of hydrogen-bond donors (Lipinski definition) is 2. The van der Waals surface area contributed by atoms with E-state index in [1.54, 1.807) is 4.90 Å². The zero-order valence-electron chi connectivity index (χ0n) is 24.4. The van der Waals surface area contributed by atoms with Crippen molar-refractivity contribution in [1.82, 2.24) is 15.5 Å². The molecule has 0 spiro atoms. The van der Waals surface area contributed by atoms with Gasteiger partial charge in [-0.1, -0.05) is 92.8 Å². The van der Waals surface area contributed by atoms with Gasteiger partial charge in [-0.15, -0.1) is 0 Å². The summed E-state index contributed by atoms with van der Waals surface area (Å²) in [4.78, 5) is 41.5. The van der Waals surface area contributed by atoms with E-state index >= 15 is 0 Å². The molecule has 1 aliphatic heterocycles. The molecule has 2 atom stereocenters. The number of nitrogens with zero attached hydrogens (tertiary/aromatic N) is 1. The van der Waals surface area contributed by atoms with Gasteiger partial charge >= 0.3 is 6.03 Å². The second-order valence-electron chi connectivity index (χ2n) is 11.7. The Bertz CT molecular complexity index is 1070. The molecule has 2 fully saturated rings. The zero-order valence-corrected chi connectivity index (χ0v) is 24.4. The number of urea groups is 1. The number of benzene rings is 2. The number of carbonyl (C=O) groups is 3. The third-order valence-electron chi connectivity index (χ3n) is 8.56. The molecule has 1 saturated carbocycles. The summed E-state index contributed by atoms with van der Waals surface area (Å²) >= 11 is 0. The first kappa shape index (κ1) is 30.8. The Kier molecular flexibility index (Phi) is 12.7. The third-order valence-corrected chi connectivity index (χ3v) is 8.56. The minimum absolute atomic E-state index is 0.00499. The van der Waals surface area contributed by atoms with Crippen LogP contribution in [-0.4, -0.2) is 55.0 Å². The van der Waals surface area contributed by atoms with Crippen LogP contribution in [0.2, 0.25) is 0 Å². The summed E-state index contributed by atoms with van der Waals surface area (Å²) in [5.41, 5.74) is 2.30. The lowest BCUT2D eigenvalue weighted by molar-refractivity contribution is -0.124. The van der Waals surface area contributed by atoms with Crippen molar-refractivity contribution in [3.8, 4) is 0 Å². The topological polar surface area (TPSA) is 87.7 Å². The summed E-state index contributed by atoms with van der Waals surface area (Å²) in [7, 11) is 0. The Morgan fingerprint density at radius 1 is 0.854 bits per heavy atom. The molecule has 7 nitrogen and oxygen atoms in total. The SMILES string of the molecule is O=C(CC[C@H](CCc1ccccc1)CC(=O)[C@H](CC1CCCCC1)NC(=O)N1CCOCC1)NCc1ccccc1. The molecular formula is C34H47N3O4. The summed E-state index contributed by atoms with van der Waals surface area (Å²) in [6.07, 6.45) is 9.68. The van der Waals surface area contributed by atoms with Crippen LogP contribution in [0.5, 0.6) is 0 Å². The first-order chi connectivity index (χ1) is 20.1. The van der Waals surface area contributed by atoms with Crippen LogP contribution in [0.1, 0.15) is 75.3 Å². The molecule has 1 aliphatic carbocycles. The number of ether oxygens (including phenoxy) is 1. The second kappa shape index (κ2) is 16.9. The summed E-state index contributed by atoms with van der Waals surface area (Å²) in [6.45, 7) is 2.66. The fourth-order valence-corrected chi connectivity index (χ4v) is 6.04. The van der Waals surface area contributed by atoms with Crippen LogP contribution in [0.3, 0.4) is 0 Å². The van der Waals surface area contributed by atoms with E-state index in [-0.39, 0.29) is 23.6 Å². The van der Waals surface area contributed by atoms with E-state index in [4.69, 9.17) is 4.74 Å². The maximum Gasteiger partial charge on any atom is 0.318 e. The number of rotatable bonds is 14. The molecule has 1 heterocycles. The Morgan fingerprint density at radius 2 is 1.51 bits per heavy atom. The highest BCUT2D eigenvalue weighted by molar-refractivity contribution is 5.88. The number of Topliss-reactive ketones (excluding diaryl/α,β-unsaturated/α-hetero) is 1. The van der Waals surface area contributed by atoms with Gasteiger partial charge in [-0.25, -0.2) is 4.79 Å². The van der Waals surface area contributed by atoms with E-state index in [1.165, 1.54) is 24.8 Å². The number of amides is 3. The number of carbonyl (C=O) groups excluding carboxylic acids is 3. The van der Waals surface area contributed by atoms with Gasteiger partial charge in [0.05, 0.1) is 19.3 Å². The molecule has 41 heavy (non-hydrogen) atoms. The van der Waals surface area contributed by atoms with Crippen molar-refractivity contribution in [2.75, 3.05) is 26.3 Å². The lowest BCUT2D eigenvalue weighted by Crippen LogP contribution is -2.52. The molecule has 0 aromatic heterocycles. The van der Waals surface area contributed by atoms with Crippen molar-refractivity contribution < 1.29 is 19.1 Å². The molecule has 1 saturated heterocycles. The lowest BCUT2D eigenvalue weighted by Gasteiger charge is -2.31. The maximum atomic E-state index is 13.9.